The predicted molar refractivity (Wildman–Crippen MR) is 101 cm³/mol. The minimum Gasteiger partial charge on any atom is -0.466 e. The first-order valence-electron chi connectivity index (χ1n) is 8.84. The van der Waals surface area contributed by atoms with Gasteiger partial charge in [0.15, 0.2) is 0 Å². The van der Waals surface area contributed by atoms with Crippen LogP contribution in [0.25, 0.3) is 0 Å². The maximum atomic E-state index is 13.9. The Hall–Kier alpha value is -3.87. The van der Waals surface area contributed by atoms with Crippen molar-refractivity contribution in [2.75, 3.05) is 12.0 Å². The molecule has 0 fully saturated rings. The van der Waals surface area contributed by atoms with Crippen LogP contribution < -0.4 is 10.2 Å². The number of nitrogens with one attached hydrogen (secondary N) is 1. The second-order valence-corrected chi connectivity index (χ2v) is 6.64. The van der Waals surface area contributed by atoms with Crippen molar-refractivity contribution in [3.8, 4) is 6.07 Å². The lowest BCUT2D eigenvalue weighted by atomic mass is 9.94. The van der Waals surface area contributed by atoms with Crippen LogP contribution >= 0.6 is 0 Å². The number of halogens is 4. The number of nitriles is 1. The van der Waals surface area contributed by atoms with E-state index in [1.807, 2.05) is 6.07 Å². The van der Waals surface area contributed by atoms with E-state index in [1.165, 1.54) is 31.2 Å². The fourth-order valence-corrected chi connectivity index (χ4v) is 3.30. The molecule has 31 heavy (non-hydrogen) atoms. The molecule has 0 spiro atoms. The van der Waals surface area contributed by atoms with Crippen molar-refractivity contribution in [1.29, 1.82) is 5.26 Å². The lowest BCUT2D eigenvalue weighted by Crippen LogP contribution is -2.48. The van der Waals surface area contributed by atoms with E-state index in [1.54, 1.807) is 0 Å². The first-order valence-corrected chi connectivity index (χ1v) is 8.84. The van der Waals surface area contributed by atoms with Crippen LogP contribution in [0.4, 0.5) is 28.0 Å². The van der Waals surface area contributed by atoms with E-state index in [0.717, 1.165) is 18.1 Å². The third-order valence-electron chi connectivity index (χ3n) is 4.73. The highest BCUT2D eigenvalue weighted by Crippen LogP contribution is 2.37. The number of esters is 1. The summed E-state index contributed by atoms with van der Waals surface area (Å²) in [6.45, 7) is 1.35. The molecule has 0 saturated carbocycles. The Morgan fingerprint density at radius 1 is 1.19 bits per heavy atom. The molecule has 0 bridgehead atoms. The minimum atomic E-state index is -4.84. The minimum absolute atomic E-state index is 0.0244. The van der Waals surface area contributed by atoms with Crippen LogP contribution in [0, 0.1) is 17.1 Å². The monoisotopic (exact) mass is 433 g/mol. The number of nitrogens with zero attached hydrogens (tertiary/aromatic N) is 2. The van der Waals surface area contributed by atoms with Crippen LogP contribution in [0.5, 0.6) is 0 Å². The number of hydrogen-bond acceptors (Lipinski definition) is 4. The molecule has 1 aliphatic heterocycles. The summed E-state index contributed by atoms with van der Waals surface area (Å²) < 4.78 is 58.1. The van der Waals surface area contributed by atoms with Gasteiger partial charge in [-0.15, -0.1) is 0 Å². The van der Waals surface area contributed by atoms with Gasteiger partial charge in [-0.1, -0.05) is 12.1 Å². The number of rotatable bonds is 3. The molecule has 160 valence electrons. The Morgan fingerprint density at radius 2 is 1.84 bits per heavy atom. The maximum Gasteiger partial charge on any atom is 0.416 e. The van der Waals surface area contributed by atoms with Crippen molar-refractivity contribution < 1.29 is 31.9 Å². The first kappa shape index (κ1) is 21.8. The average molecular weight is 433 g/mol. The molecule has 1 atom stereocenters. The van der Waals surface area contributed by atoms with E-state index >= 15 is 0 Å². The van der Waals surface area contributed by atoms with Crippen LogP contribution in [0.1, 0.15) is 29.7 Å². The van der Waals surface area contributed by atoms with E-state index in [-0.39, 0.29) is 11.3 Å². The first-order chi connectivity index (χ1) is 14.6. The molecule has 10 heteroatoms. The Balaban J connectivity index is 2.16. The van der Waals surface area contributed by atoms with E-state index in [2.05, 4.69) is 5.32 Å². The number of methoxy groups -OCH3 is 1. The number of urea groups is 1. The molecule has 1 heterocycles. The average Bonchev–Trinajstić information content (AvgIpc) is 2.72. The summed E-state index contributed by atoms with van der Waals surface area (Å²) in [4.78, 5) is 26.1. The molecule has 1 aliphatic rings. The molecule has 0 saturated heterocycles. The van der Waals surface area contributed by atoms with Crippen molar-refractivity contribution in [3.05, 3.63) is 76.2 Å². The van der Waals surface area contributed by atoms with Gasteiger partial charge in [0.25, 0.3) is 0 Å². The molecular formula is C21H15F4N3O3. The number of alkyl halides is 3. The number of ether oxygens (including phenoxy) is 1. The molecule has 2 aromatic carbocycles. The zero-order valence-corrected chi connectivity index (χ0v) is 16.2. The molecule has 6 nitrogen and oxygen atoms in total. The highest BCUT2D eigenvalue weighted by molar-refractivity contribution is 6.03. The van der Waals surface area contributed by atoms with Gasteiger partial charge < -0.3 is 10.1 Å². The third-order valence-corrected chi connectivity index (χ3v) is 4.73. The molecule has 0 aromatic heterocycles. The van der Waals surface area contributed by atoms with Gasteiger partial charge in [-0.05, 0) is 42.8 Å². The summed E-state index contributed by atoms with van der Waals surface area (Å²) >= 11 is 0. The number of carbonyl (C=O) groups is 2. The smallest absolute Gasteiger partial charge is 0.416 e. The normalized spacial score (nSPS) is 16.6. The molecule has 3 rings (SSSR count). The van der Waals surface area contributed by atoms with Crippen LogP contribution in [0.2, 0.25) is 0 Å². The van der Waals surface area contributed by atoms with Gasteiger partial charge in [-0.3, -0.25) is 4.90 Å². The van der Waals surface area contributed by atoms with Crippen molar-refractivity contribution >= 4 is 17.7 Å². The van der Waals surface area contributed by atoms with E-state index in [4.69, 9.17) is 10.00 Å². The zero-order chi connectivity index (χ0) is 22.9. The number of carbonyl (C=O) groups excluding carboxylic acids is 2. The number of hydrogen-bond donors (Lipinski definition) is 1. The van der Waals surface area contributed by atoms with Gasteiger partial charge in [0.2, 0.25) is 0 Å². The fourth-order valence-electron chi connectivity index (χ4n) is 3.30. The highest BCUT2D eigenvalue weighted by atomic mass is 19.4. The van der Waals surface area contributed by atoms with Crippen molar-refractivity contribution in [2.24, 2.45) is 0 Å². The number of anilines is 1. The van der Waals surface area contributed by atoms with Crippen LogP contribution in [-0.4, -0.2) is 19.1 Å². The van der Waals surface area contributed by atoms with E-state index in [9.17, 15) is 27.2 Å². The van der Waals surface area contributed by atoms with Crippen LogP contribution in [-0.2, 0) is 15.7 Å². The Kier molecular flexibility index (Phi) is 5.71. The van der Waals surface area contributed by atoms with E-state index in [0.29, 0.717) is 23.3 Å². The molecular weight excluding hydrogens is 418 g/mol. The summed E-state index contributed by atoms with van der Waals surface area (Å²) in [5, 5.41) is 11.5. The number of benzene rings is 2. The fraction of sp³-hybridized carbons (Fsp3) is 0.190. The third kappa shape index (κ3) is 4.21. The van der Waals surface area contributed by atoms with Crippen LogP contribution in [0.15, 0.2) is 53.7 Å². The SMILES string of the molecule is COC(=O)C1=C(C)N(c2cc(F)cc(C(F)(F)F)c2)C(=O)NC1c1ccc(C#N)cc1. The summed E-state index contributed by atoms with van der Waals surface area (Å²) in [6, 6.07) is 7.81. The summed E-state index contributed by atoms with van der Waals surface area (Å²) in [5.74, 6) is -2.02. The summed E-state index contributed by atoms with van der Waals surface area (Å²) in [5.41, 5.74) is -0.957. The van der Waals surface area contributed by atoms with Crippen molar-refractivity contribution in [2.45, 2.75) is 19.1 Å². The zero-order valence-electron chi connectivity index (χ0n) is 16.2. The van der Waals surface area contributed by atoms with Crippen LogP contribution in [0.3, 0.4) is 0 Å². The predicted octanol–water partition coefficient (Wildman–Crippen LogP) is 4.43. The van der Waals surface area contributed by atoms with Gasteiger partial charge in [-0.25, -0.2) is 14.0 Å². The number of amides is 2. The molecule has 2 aromatic rings. The maximum absolute atomic E-state index is 13.9. The van der Waals surface area contributed by atoms with Gasteiger partial charge >= 0.3 is 18.2 Å². The molecule has 1 unspecified atom stereocenters. The number of allylic oxidation sites excluding steroid dienone is 1. The lowest BCUT2D eigenvalue weighted by Gasteiger charge is -2.35. The molecule has 1 N–H and O–H groups in total. The Labute approximate surface area is 174 Å². The van der Waals surface area contributed by atoms with Gasteiger partial charge in [0.1, 0.15) is 5.82 Å². The standard InChI is InChI=1S/C21H15F4N3O3/c1-11-17(19(29)31-2)18(13-5-3-12(10-26)4-6-13)27-20(30)28(11)16-8-14(21(23,24)25)7-15(22)9-16/h3-9,18H,1-2H3,(H,27,30). The van der Waals surface area contributed by atoms with Crippen molar-refractivity contribution in [1.82, 2.24) is 5.32 Å². The highest BCUT2D eigenvalue weighted by Gasteiger charge is 2.38. The Bertz CT molecular complexity index is 1120. The molecule has 0 radical (unpaired) electrons. The van der Waals surface area contributed by atoms with E-state index < -0.39 is 41.3 Å². The van der Waals surface area contributed by atoms with Gasteiger partial charge in [0.05, 0.1) is 41.6 Å². The molecule has 2 amide bonds. The topological polar surface area (TPSA) is 82.4 Å². The second-order valence-electron chi connectivity index (χ2n) is 6.64. The lowest BCUT2D eigenvalue weighted by molar-refractivity contribution is -0.138. The summed E-state index contributed by atoms with van der Waals surface area (Å²) in [6.07, 6.45) is -4.84. The molecule has 0 aliphatic carbocycles. The second kappa shape index (κ2) is 8.10. The van der Waals surface area contributed by atoms with Gasteiger partial charge in [0, 0.05) is 5.70 Å². The largest absolute Gasteiger partial charge is 0.466 e. The van der Waals surface area contributed by atoms with Gasteiger partial charge in [-0.2, -0.15) is 18.4 Å². The van der Waals surface area contributed by atoms with Crippen molar-refractivity contribution in [3.63, 3.8) is 0 Å². The Morgan fingerprint density at radius 3 is 2.39 bits per heavy atom. The quantitative estimate of drug-likeness (QED) is 0.573. The summed E-state index contributed by atoms with van der Waals surface area (Å²) in [7, 11) is 1.11.